The molecule has 180 valence electrons. The van der Waals surface area contributed by atoms with Crippen molar-refractivity contribution < 1.29 is 4.39 Å². The van der Waals surface area contributed by atoms with Gasteiger partial charge in [0.25, 0.3) is 0 Å². The van der Waals surface area contributed by atoms with Gasteiger partial charge in [0.2, 0.25) is 5.95 Å². The molecule has 2 saturated carbocycles. The summed E-state index contributed by atoms with van der Waals surface area (Å²) < 4.78 is 15.4. The fourth-order valence-electron chi connectivity index (χ4n) is 5.38. The summed E-state index contributed by atoms with van der Waals surface area (Å²) in [6.45, 7) is 0. The van der Waals surface area contributed by atoms with Crippen LogP contribution < -0.4 is 10.6 Å². The minimum Gasteiger partial charge on any atom is -0.382 e. The first-order valence-electron chi connectivity index (χ1n) is 12.5. The van der Waals surface area contributed by atoms with E-state index in [1.165, 1.54) is 37.8 Å². The summed E-state index contributed by atoms with van der Waals surface area (Å²) in [5.41, 5.74) is 4.93. The maximum Gasteiger partial charge on any atom is 0.223 e. The van der Waals surface area contributed by atoms with Crippen LogP contribution in [0.15, 0.2) is 48.7 Å². The van der Waals surface area contributed by atoms with Crippen LogP contribution in [0.4, 0.5) is 16.0 Å². The highest BCUT2D eigenvalue weighted by molar-refractivity contribution is 6.30. The van der Waals surface area contributed by atoms with E-state index < -0.39 is 0 Å². The Hall–Kier alpha value is -3.19. The predicted molar refractivity (Wildman–Crippen MR) is 138 cm³/mol. The second-order valence-electron chi connectivity index (χ2n) is 9.61. The Labute approximate surface area is 208 Å². The lowest BCUT2D eigenvalue weighted by atomic mass is 10.0. The molecule has 0 aliphatic heterocycles. The minimum atomic E-state index is -0.287. The van der Waals surface area contributed by atoms with Gasteiger partial charge < -0.3 is 10.6 Å². The Bertz CT molecular complexity index is 1340. The van der Waals surface area contributed by atoms with E-state index in [4.69, 9.17) is 21.7 Å². The second kappa shape index (κ2) is 9.46. The molecule has 0 radical (unpaired) electrons. The number of aromatic nitrogens is 4. The van der Waals surface area contributed by atoms with E-state index in [1.807, 2.05) is 12.1 Å². The number of fused-ring (bicyclic) bond motifs is 1. The molecule has 0 saturated heterocycles. The Morgan fingerprint density at radius 2 is 1.57 bits per heavy atom. The highest BCUT2D eigenvalue weighted by Gasteiger charge is 2.22. The quantitative estimate of drug-likeness (QED) is 0.286. The van der Waals surface area contributed by atoms with E-state index in [2.05, 4.69) is 21.7 Å². The first-order valence-corrected chi connectivity index (χ1v) is 12.9. The van der Waals surface area contributed by atoms with Crippen molar-refractivity contribution in [2.45, 2.75) is 63.5 Å². The summed E-state index contributed by atoms with van der Waals surface area (Å²) in [6, 6.07) is 13.2. The maximum absolute atomic E-state index is 13.7. The van der Waals surface area contributed by atoms with Crippen LogP contribution in [0.3, 0.4) is 0 Å². The average molecular weight is 491 g/mol. The van der Waals surface area contributed by atoms with E-state index in [0.717, 1.165) is 53.7 Å². The van der Waals surface area contributed by atoms with Crippen LogP contribution in [0.1, 0.15) is 51.4 Å². The summed E-state index contributed by atoms with van der Waals surface area (Å²) in [6.07, 6.45) is 11.3. The third-order valence-corrected chi connectivity index (χ3v) is 7.40. The van der Waals surface area contributed by atoms with Gasteiger partial charge in [-0.25, -0.2) is 18.9 Å². The third-order valence-electron chi connectivity index (χ3n) is 7.13. The SMILES string of the molecule is Fc1ccc(-c2nn3c(Cl)cc(NC4CCCC4)cc3c2-c2ccnc(NC3CCCC3)n2)cc1. The zero-order valence-corrected chi connectivity index (χ0v) is 20.2. The summed E-state index contributed by atoms with van der Waals surface area (Å²) in [5, 5.41) is 12.5. The molecule has 0 spiro atoms. The summed E-state index contributed by atoms with van der Waals surface area (Å²) >= 11 is 6.73. The topological polar surface area (TPSA) is 67.1 Å². The van der Waals surface area contributed by atoms with Crippen LogP contribution >= 0.6 is 11.6 Å². The number of halogens is 2. The van der Waals surface area contributed by atoms with Gasteiger partial charge in [0.1, 0.15) is 16.7 Å². The lowest BCUT2D eigenvalue weighted by Crippen LogP contribution is -2.16. The van der Waals surface area contributed by atoms with Crippen molar-refractivity contribution in [1.29, 1.82) is 0 Å². The van der Waals surface area contributed by atoms with Crippen molar-refractivity contribution in [3.63, 3.8) is 0 Å². The second-order valence-corrected chi connectivity index (χ2v) is 10.00. The van der Waals surface area contributed by atoms with E-state index in [9.17, 15) is 4.39 Å². The lowest BCUT2D eigenvalue weighted by Gasteiger charge is -2.15. The molecule has 0 atom stereocenters. The Kier molecular flexibility index (Phi) is 6.02. The molecule has 4 aromatic rings. The van der Waals surface area contributed by atoms with Gasteiger partial charge in [-0.2, -0.15) is 5.10 Å². The van der Waals surface area contributed by atoms with E-state index >= 15 is 0 Å². The molecule has 6 rings (SSSR count). The van der Waals surface area contributed by atoms with Crippen LogP contribution in [-0.2, 0) is 0 Å². The first-order chi connectivity index (χ1) is 17.1. The summed E-state index contributed by atoms with van der Waals surface area (Å²) in [7, 11) is 0. The molecule has 8 heteroatoms. The standard InChI is InChI=1S/C27H28ClFN6/c28-24-16-21(31-19-5-1-2-6-19)15-23-25(26(34-35(23)24)17-9-11-18(29)12-10-17)22-13-14-30-27(33-22)32-20-7-3-4-8-20/h9-16,19-20,31H,1-8H2,(H,30,32,33). The highest BCUT2D eigenvalue weighted by atomic mass is 35.5. The van der Waals surface area contributed by atoms with Crippen molar-refractivity contribution in [2.75, 3.05) is 10.6 Å². The Balaban J connectivity index is 1.48. The molecule has 2 aliphatic carbocycles. The molecule has 1 aromatic carbocycles. The van der Waals surface area contributed by atoms with Crippen LogP contribution in [-0.4, -0.2) is 31.7 Å². The van der Waals surface area contributed by atoms with E-state index in [0.29, 0.717) is 28.9 Å². The molecule has 0 unspecified atom stereocenters. The smallest absolute Gasteiger partial charge is 0.223 e. The first kappa shape index (κ1) is 22.3. The van der Waals surface area contributed by atoms with Gasteiger partial charge in [-0.3, -0.25) is 0 Å². The maximum atomic E-state index is 13.7. The number of rotatable bonds is 6. The van der Waals surface area contributed by atoms with Gasteiger partial charge in [-0.05, 0) is 68.1 Å². The fraction of sp³-hybridized carbons (Fsp3) is 0.370. The molecule has 0 bridgehead atoms. The number of nitrogens with zero attached hydrogens (tertiary/aromatic N) is 4. The largest absolute Gasteiger partial charge is 0.382 e. The van der Waals surface area contributed by atoms with Crippen molar-refractivity contribution in [1.82, 2.24) is 19.6 Å². The van der Waals surface area contributed by atoms with Gasteiger partial charge in [0.15, 0.2) is 0 Å². The molecule has 0 amide bonds. The van der Waals surface area contributed by atoms with Gasteiger partial charge in [-0.1, -0.05) is 37.3 Å². The summed E-state index contributed by atoms with van der Waals surface area (Å²) in [5.74, 6) is 0.329. The van der Waals surface area contributed by atoms with Gasteiger partial charge in [0.05, 0.1) is 16.8 Å². The molecule has 2 aliphatic rings. The molecule has 6 nitrogen and oxygen atoms in total. The molecule has 2 fully saturated rings. The van der Waals surface area contributed by atoms with Gasteiger partial charge >= 0.3 is 0 Å². The monoisotopic (exact) mass is 490 g/mol. The van der Waals surface area contributed by atoms with Crippen molar-refractivity contribution in [3.8, 4) is 22.5 Å². The van der Waals surface area contributed by atoms with E-state index in [-0.39, 0.29) is 5.82 Å². The van der Waals surface area contributed by atoms with Crippen LogP contribution in [0.2, 0.25) is 5.15 Å². The lowest BCUT2D eigenvalue weighted by molar-refractivity contribution is 0.628. The van der Waals surface area contributed by atoms with Crippen LogP contribution in [0, 0.1) is 5.82 Å². The van der Waals surface area contributed by atoms with Gasteiger partial charge in [-0.15, -0.1) is 0 Å². The van der Waals surface area contributed by atoms with Crippen molar-refractivity contribution >= 4 is 28.8 Å². The van der Waals surface area contributed by atoms with Gasteiger partial charge in [0, 0.05) is 29.5 Å². The Morgan fingerprint density at radius 1 is 0.886 bits per heavy atom. The Morgan fingerprint density at radius 3 is 2.29 bits per heavy atom. The molecule has 3 aromatic heterocycles. The zero-order valence-electron chi connectivity index (χ0n) is 19.5. The zero-order chi connectivity index (χ0) is 23.8. The number of benzene rings is 1. The molecule has 3 heterocycles. The van der Waals surface area contributed by atoms with E-state index in [1.54, 1.807) is 22.8 Å². The number of pyridine rings is 1. The molecular formula is C27H28ClFN6. The molecule has 35 heavy (non-hydrogen) atoms. The number of hydrogen-bond donors (Lipinski definition) is 2. The highest BCUT2D eigenvalue weighted by Crippen LogP contribution is 2.38. The van der Waals surface area contributed by atoms with Crippen LogP contribution in [0.5, 0.6) is 0 Å². The third kappa shape index (κ3) is 4.57. The average Bonchev–Trinajstić information content (AvgIpc) is 3.62. The summed E-state index contributed by atoms with van der Waals surface area (Å²) in [4.78, 5) is 9.36. The molecular weight excluding hydrogens is 463 g/mol. The molecule has 2 N–H and O–H groups in total. The predicted octanol–water partition coefficient (Wildman–Crippen LogP) is 6.96. The number of nitrogens with one attached hydrogen (secondary N) is 2. The van der Waals surface area contributed by atoms with Crippen LogP contribution in [0.25, 0.3) is 28.0 Å². The van der Waals surface area contributed by atoms with Crippen molar-refractivity contribution in [2.24, 2.45) is 0 Å². The van der Waals surface area contributed by atoms with Crippen molar-refractivity contribution in [3.05, 3.63) is 59.6 Å². The fourth-order valence-corrected chi connectivity index (χ4v) is 5.62. The normalized spacial score (nSPS) is 16.9. The number of hydrogen-bond acceptors (Lipinski definition) is 5. The minimum absolute atomic E-state index is 0.287. The number of anilines is 2.